The average Bonchev–Trinajstić information content (AvgIpc) is 3.19. The van der Waals surface area contributed by atoms with Gasteiger partial charge in [-0.25, -0.2) is 4.79 Å². The average molecular weight is 436 g/mol. The van der Waals surface area contributed by atoms with Crippen molar-refractivity contribution >= 4 is 11.9 Å². The number of hydrogen-bond acceptors (Lipinski definition) is 4. The molecule has 0 bridgehead atoms. The number of carbonyl (C=O) groups is 2. The quantitative estimate of drug-likeness (QED) is 0.449. The number of aryl methyl sites for hydroxylation is 1. The number of hydrogen-bond donors (Lipinski definition) is 1. The number of aliphatic hydroxyl groups is 1. The Morgan fingerprint density at radius 1 is 1.12 bits per heavy atom. The maximum absolute atomic E-state index is 12.4. The molecule has 32 heavy (non-hydrogen) atoms. The molecule has 0 aromatic heterocycles. The third-order valence-electron chi connectivity index (χ3n) is 6.24. The molecule has 5 nitrogen and oxygen atoms in total. The van der Waals surface area contributed by atoms with Gasteiger partial charge in [0, 0.05) is 13.0 Å². The highest BCUT2D eigenvalue weighted by Crippen LogP contribution is 2.22. The number of rotatable bonds is 10. The smallest absolute Gasteiger partial charge is 0.337 e. The van der Waals surface area contributed by atoms with E-state index in [1.165, 1.54) is 12.7 Å². The molecule has 1 aliphatic rings. The van der Waals surface area contributed by atoms with Gasteiger partial charge in [0.15, 0.2) is 0 Å². The topological polar surface area (TPSA) is 66.8 Å². The molecule has 0 unspecified atom stereocenters. The largest absolute Gasteiger partial charge is 0.465 e. The second-order valence-electron chi connectivity index (χ2n) is 8.51. The first-order valence-corrected chi connectivity index (χ1v) is 11.3. The van der Waals surface area contributed by atoms with Crippen LogP contribution in [0.4, 0.5) is 0 Å². The van der Waals surface area contributed by atoms with E-state index in [1.807, 2.05) is 47.4 Å². The van der Waals surface area contributed by atoms with Gasteiger partial charge in [0.05, 0.1) is 24.8 Å². The molecule has 1 fully saturated rings. The lowest BCUT2D eigenvalue weighted by Crippen LogP contribution is -2.34. The van der Waals surface area contributed by atoms with Crippen molar-refractivity contribution in [2.24, 2.45) is 5.92 Å². The number of nitrogens with zero attached hydrogens (tertiary/aromatic N) is 1. The monoisotopic (exact) mass is 435 g/mol. The number of methoxy groups -OCH3 is 1. The van der Waals surface area contributed by atoms with Crippen LogP contribution in [0.15, 0.2) is 66.7 Å². The summed E-state index contributed by atoms with van der Waals surface area (Å²) in [5.74, 6) is -0.0594. The Morgan fingerprint density at radius 2 is 1.81 bits per heavy atom. The number of ether oxygens (including phenoxy) is 1. The van der Waals surface area contributed by atoms with Gasteiger partial charge < -0.3 is 14.7 Å². The summed E-state index contributed by atoms with van der Waals surface area (Å²) >= 11 is 0. The number of carbonyl (C=O) groups excluding carboxylic acids is 2. The van der Waals surface area contributed by atoms with E-state index in [4.69, 9.17) is 4.74 Å². The van der Waals surface area contributed by atoms with Gasteiger partial charge in [-0.15, -0.1) is 0 Å². The SMILES string of the molecule is COC(=O)c1ccc(CCN2C(=O)CC[C@@H]2/C=C/[C@@H](O)[C@@H](C)CCc2ccccc2)cc1. The first-order chi connectivity index (χ1) is 15.5. The molecule has 1 N–H and O–H groups in total. The number of amides is 1. The standard InChI is InChI=1S/C27H33NO4/c1-20(8-9-21-6-4-3-5-7-21)25(29)16-14-24-15-17-26(30)28(24)19-18-22-10-12-23(13-11-22)27(31)32-2/h3-7,10-14,16,20,24-25,29H,8-9,15,17-19H2,1-2H3/b16-14+/t20-,24-,25+/m0/s1. The van der Waals surface area contributed by atoms with Crippen molar-refractivity contribution in [2.75, 3.05) is 13.7 Å². The van der Waals surface area contributed by atoms with Gasteiger partial charge in [0.2, 0.25) is 5.91 Å². The fraction of sp³-hybridized carbons (Fsp3) is 0.407. The van der Waals surface area contributed by atoms with E-state index in [1.54, 1.807) is 12.1 Å². The van der Waals surface area contributed by atoms with Crippen molar-refractivity contribution in [1.82, 2.24) is 4.90 Å². The number of likely N-dealkylation sites (tertiary alicyclic amines) is 1. The van der Waals surface area contributed by atoms with Crippen LogP contribution in [0.5, 0.6) is 0 Å². The fourth-order valence-electron chi connectivity index (χ4n) is 4.06. The van der Waals surface area contributed by atoms with Crippen molar-refractivity contribution in [3.63, 3.8) is 0 Å². The Balaban J connectivity index is 1.51. The summed E-state index contributed by atoms with van der Waals surface area (Å²) in [6, 6.07) is 17.6. The number of benzene rings is 2. The maximum Gasteiger partial charge on any atom is 0.337 e. The zero-order valence-electron chi connectivity index (χ0n) is 18.9. The molecule has 170 valence electrons. The molecular formula is C27H33NO4. The third-order valence-corrected chi connectivity index (χ3v) is 6.24. The zero-order chi connectivity index (χ0) is 22.9. The first-order valence-electron chi connectivity index (χ1n) is 11.3. The molecule has 2 aromatic carbocycles. The molecule has 2 aromatic rings. The molecule has 1 heterocycles. The van der Waals surface area contributed by atoms with E-state index >= 15 is 0 Å². The summed E-state index contributed by atoms with van der Waals surface area (Å²) in [5, 5.41) is 10.6. The minimum atomic E-state index is -0.526. The molecule has 1 amide bonds. The molecule has 1 aliphatic heterocycles. The summed E-state index contributed by atoms with van der Waals surface area (Å²) in [7, 11) is 1.36. The van der Waals surface area contributed by atoms with Crippen LogP contribution in [0.1, 0.15) is 47.7 Å². The van der Waals surface area contributed by atoms with Crippen LogP contribution in [0.25, 0.3) is 0 Å². The highest BCUT2D eigenvalue weighted by atomic mass is 16.5. The van der Waals surface area contributed by atoms with E-state index in [0.29, 0.717) is 24.9 Å². The van der Waals surface area contributed by atoms with Gasteiger partial charge in [-0.1, -0.05) is 61.5 Å². The van der Waals surface area contributed by atoms with Crippen LogP contribution in [-0.2, 0) is 22.4 Å². The first kappa shape index (κ1) is 23.7. The van der Waals surface area contributed by atoms with Crippen LogP contribution in [0.2, 0.25) is 0 Å². The van der Waals surface area contributed by atoms with Gasteiger partial charge in [0.1, 0.15) is 0 Å². The summed E-state index contributed by atoms with van der Waals surface area (Å²) in [6.45, 7) is 2.68. The van der Waals surface area contributed by atoms with Crippen LogP contribution < -0.4 is 0 Å². The highest BCUT2D eigenvalue weighted by Gasteiger charge is 2.29. The van der Waals surface area contributed by atoms with E-state index in [9.17, 15) is 14.7 Å². The van der Waals surface area contributed by atoms with Crippen LogP contribution in [0.3, 0.4) is 0 Å². The summed E-state index contributed by atoms with van der Waals surface area (Å²) < 4.78 is 4.73. The van der Waals surface area contributed by atoms with Crippen LogP contribution >= 0.6 is 0 Å². The van der Waals surface area contributed by atoms with Gasteiger partial charge >= 0.3 is 5.97 Å². The summed E-state index contributed by atoms with van der Waals surface area (Å²) in [6.07, 6.45) is 7.21. The van der Waals surface area contributed by atoms with E-state index in [2.05, 4.69) is 19.1 Å². The lowest BCUT2D eigenvalue weighted by Gasteiger charge is -2.23. The molecule has 0 radical (unpaired) electrons. The van der Waals surface area contributed by atoms with Crippen molar-refractivity contribution < 1.29 is 19.4 Å². The van der Waals surface area contributed by atoms with E-state index in [0.717, 1.165) is 24.8 Å². The Morgan fingerprint density at radius 3 is 2.50 bits per heavy atom. The zero-order valence-corrected chi connectivity index (χ0v) is 18.9. The van der Waals surface area contributed by atoms with E-state index in [-0.39, 0.29) is 23.8 Å². The predicted molar refractivity (Wildman–Crippen MR) is 125 cm³/mol. The normalized spacial score (nSPS) is 18.2. The van der Waals surface area contributed by atoms with Crippen molar-refractivity contribution in [3.05, 3.63) is 83.4 Å². The number of esters is 1. The van der Waals surface area contributed by atoms with Gasteiger partial charge in [-0.2, -0.15) is 0 Å². The van der Waals surface area contributed by atoms with E-state index < -0.39 is 6.10 Å². The second kappa shape index (κ2) is 11.6. The van der Waals surface area contributed by atoms with Crippen LogP contribution in [0, 0.1) is 5.92 Å². The fourth-order valence-corrected chi connectivity index (χ4v) is 4.06. The maximum atomic E-state index is 12.4. The molecular weight excluding hydrogens is 402 g/mol. The van der Waals surface area contributed by atoms with Crippen molar-refractivity contribution in [2.45, 2.75) is 51.2 Å². The molecule has 0 saturated carbocycles. The lowest BCUT2D eigenvalue weighted by molar-refractivity contribution is -0.128. The molecule has 3 atom stereocenters. The predicted octanol–water partition coefficient (Wildman–Crippen LogP) is 4.19. The van der Waals surface area contributed by atoms with Gasteiger partial charge in [-0.05, 0) is 54.9 Å². The molecule has 1 saturated heterocycles. The minimum Gasteiger partial charge on any atom is -0.465 e. The Labute approximate surface area is 190 Å². The highest BCUT2D eigenvalue weighted by molar-refractivity contribution is 5.89. The second-order valence-corrected chi connectivity index (χ2v) is 8.51. The van der Waals surface area contributed by atoms with Crippen LogP contribution in [-0.4, -0.2) is 47.7 Å². The molecule has 0 aliphatic carbocycles. The third kappa shape index (κ3) is 6.54. The molecule has 0 spiro atoms. The number of aliphatic hydroxyl groups excluding tert-OH is 1. The van der Waals surface area contributed by atoms with Gasteiger partial charge in [0.25, 0.3) is 0 Å². The molecule has 5 heteroatoms. The lowest BCUT2D eigenvalue weighted by atomic mass is 9.95. The van der Waals surface area contributed by atoms with Crippen molar-refractivity contribution in [1.29, 1.82) is 0 Å². The minimum absolute atomic E-state index is 0.0211. The van der Waals surface area contributed by atoms with Gasteiger partial charge in [-0.3, -0.25) is 4.79 Å². The molecule has 3 rings (SSSR count). The Kier molecular flexibility index (Phi) is 8.63. The Hall–Kier alpha value is -2.92. The Bertz CT molecular complexity index is 907. The summed E-state index contributed by atoms with van der Waals surface area (Å²) in [5.41, 5.74) is 2.86. The van der Waals surface area contributed by atoms with Crippen molar-refractivity contribution in [3.8, 4) is 0 Å². The summed E-state index contributed by atoms with van der Waals surface area (Å²) in [4.78, 5) is 25.9.